The molecular weight excluding hydrogens is 453 g/mol. The molecule has 3 fully saturated rings. The maximum absolute atomic E-state index is 12.6. The standard InChI is InChI=1S/C14H27O6P.C12H23N/c1-3-19-21(18,20-4-2)13(14(16)17)10-12(15)11-8-6-5-7-9-11;1-3-7-11(8-4-1)13-12-9-5-2-6-10-12/h11-13,15H,3-10H2,1-2H3,(H,16,17);11-13H,1-10H2. The summed E-state index contributed by atoms with van der Waals surface area (Å²) in [6, 6.07) is 1.99. The van der Waals surface area contributed by atoms with Gasteiger partial charge in [0.1, 0.15) is 5.66 Å². The average molecular weight is 504 g/mol. The van der Waals surface area contributed by atoms with Crippen LogP contribution in [-0.4, -0.2) is 48.1 Å². The van der Waals surface area contributed by atoms with Crippen LogP contribution in [0, 0.1) is 5.92 Å². The lowest BCUT2D eigenvalue weighted by atomic mass is 9.84. The number of nitrogens with two attached hydrogens (primary N) is 1. The first-order valence-electron chi connectivity index (χ1n) is 14.0. The number of carboxylic acid groups (broad SMARTS) is 1. The third-order valence-electron chi connectivity index (χ3n) is 7.77. The van der Waals surface area contributed by atoms with Crippen molar-refractivity contribution in [1.82, 2.24) is 0 Å². The van der Waals surface area contributed by atoms with Crippen LogP contribution in [0.5, 0.6) is 0 Å². The molecule has 0 aromatic rings. The molecule has 0 spiro atoms. The summed E-state index contributed by atoms with van der Waals surface area (Å²) in [5.41, 5.74) is -1.42. The van der Waals surface area contributed by atoms with Crippen molar-refractivity contribution in [3.8, 4) is 0 Å². The fraction of sp³-hybridized carbons (Fsp3) is 0.962. The lowest BCUT2D eigenvalue weighted by molar-refractivity contribution is -0.725. The van der Waals surface area contributed by atoms with Crippen molar-refractivity contribution >= 4 is 13.6 Å². The van der Waals surface area contributed by atoms with Crippen LogP contribution in [0.4, 0.5) is 0 Å². The van der Waals surface area contributed by atoms with E-state index in [1.165, 1.54) is 64.2 Å². The zero-order chi connectivity index (χ0) is 24.8. The number of aliphatic hydroxyl groups is 1. The Hall–Kier alpha value is -0.460. The number of rotatable bonds is 11. The fourth-order valence-corrected chi connectivity index (χ4v) is 7.80. The summed E-state index contributed by atoms with van der Waals surface area (Å²) in [5.74, 6) is -1.44. The van der Waals surface area contributed by atoms with Crippen molar-refractivity contribution in [3.63, 3.8) is 0 Å². The van der Waals surface area contributed by atoms with Crippen molar-refractivity contribution < 1.29 is 33.9 Å². The van der Waals surface area contributed by atoms with Crippen LogP contribution in [0.3, 0.4) is 0 Å². The van der Waals surface area contributed by atoms with E-state index in [4.69, 9.17) is 9.05 Å². The number of carbonyl (C=O) groups excluding carboxylic acids is 1. The van der Waals surface area contributed by atoms with Gasteiger partial charge in [-0.2, -0.15) is 0 Å². The molecule has 0 aromatic heterocycles. The van der Waals surface area contributed by atoms with Gasteiger partial charge in [0.2, 0.25) is 0 Å². The maximum atomic E-state index is 12.6. The molecule has 34 heavy (non-hydrogen) atoms. The molecule has 0 aromatic carbocycles. The number of quaternary nitrogens is 1. The Bertz CT molecular complexity index is 574. The molecule has 2 atom stereocenters. The zero-order valence-corrected chi connectivity index (χ0v) is 22.5. The van der Waals surface area contributed by atoms with Crippen LogP contribution in [0.25, 0.3) is 0 Å². The van der Waals surface area contributed by atoms with Crippen molar-refractivity contribution in [3.05, 3.63) is 0 Å². The van der Waals surface area contributed by atoms with E-state index >= 15 is 0 Å². The van der Waals surface area contributed by atoms with Crippen LogP contribution >= 0.6 is 7.60 Å². The lowest BCUT2D eigenvalue weighted by Crippen LogP contribution is -2.95. The summed E-state index contributed by atoms with van der Waals surface area (Å²) in [7, 11) is -3.81. The molecule has 2 unspecified atom stereocenters. The average Bonchev–Trinajstić information content (AvgIpc) is 2.85. The molecule has 8 heteroatoms. The Morgan fingerprint density at radius 2 is 1.26 bits per heavy atom. The smallest absolute Gasteiger partial charge is 0.339 e. The molecule has 3 saturated carbocycles. The molecule has 3 aliphatic rings. The molecule has 0 amide bonds. The predicted octanol–water partition coefficient (Wildman–Crippen LogP) is 3.92. The van der Waals surface area contributed by atoms with Crippen LogP contribution in [0.1, 0.15) is 117 Å². The number of hydrogen-bond donors (Lipinski definition) is 2. The van der Waals surface area contributed by atoms with Crippen LogP contribution in [-0.2, 0) is 18.4 Å². The second-order valence-corrected chi connectivity index (χ2v) is 12.6. The van der Waals surface area contributed by atoms with E-state index in [1.807, 2.05) is 0 Å². The summed E-state index contributed by atoms with van der Waals surface area (Å²) in [4.78, 5) is 11.4. The van der Waals surface area contributed by atoms with Gasteiger partial charge in [-0.05, 0) is 90.4 Å². The fourth-order valence-electron chi connectivity index (χ4n) is 5.91. The molecule has 0 heterocycles. The Morgan fingerprint density at radius 1 is 0.853 bits per heavy atom. The van der Waals surface area contributed by atoms with Crippen LogP contribution in [0.15, 0.2) is 0 Å². The summed E-state index contributed by atoms with van der Waals surface area (Å²) in [6.45, 7) is 3.41. The predicted molar refractivity (Wildman–Crippen MR) is 133 cm³/mol. The second kappa shape index (κ2) is 16.3. The first-order valence-corrected chi connectivity index (χ1v) is 15.6. The number of aliphatic hydroxyl groups excluding tert-OH is 1. The minimum absolute atomic E-state index is 0.0531. The Labute approximate surface area is 207 Å². The molecule has 3 aliphatic carbocycles. The third kappa shape index (κ3) is 10.3. The summed E-state index contributed by atoms with van der Waals surface area (Å²) >= 11 is 0. The number of carbonyl (C=O) groups is 1. The van der Waals surface area contributed by atoms with Crippen molar-refractivity contribution in [1.29, 1.82) is 0 Å². The molecular formula is C26H50NO6P. The molecule has 0 bridgehead atoms. The van der Waals surface area contributed by atoms with E-state index in [2.05, 4.69) is 5.32 Å². The van der Waals surface area contributed by atoms with Gasteiger partial charge in [0.05, 0.1) is 37.4 Å². The van der Waals surface area contributed by atoms with Gasteiger partial charge in [-0.25, -0.2) is 0 Å². The first kappa shape index (κ1) is 29.8. The maximum Gasteiger partial charge on any atom is 0.339 e. The van der Waals surface area contributed by atoms with E-state index in [0.29, 0.717) is 0 Å². The normalized spacial score (nSPS) is 23.0. The van der Waals surface area contributed by atoms with Crippen LogP contribution < -0.4 is 10.4 Å². The Balaban J connectivity index is 0.000000266. The number of aliphatic carboxylic acids is 1. The molecule has 200 valence electrons. The highest BCUT2D eigenvalue weighted by Crippen LogP contribution is 2.54. The Morgan fingerprint density at radius 3 is 1.65 bits per heavy atom. The minimum atomic E-state index is -3.81. The van der Waals surface area contributed by atoms with E-state index < -0.39 is 25.3 Å². The largest absolute Gasteiger partial charge is 0.549 e. The first-order chi connectivity index (χ1) is 16.4. The highest BCUT2D eigenvalue weighted by Gasteiger charge is 2.39. The third-order valence-corrected chi connectivity index (χ3v) is 10.2. The topological polar surface area (TPSA) is 112 Å². The highest BCUT2D eigenvalue weighted by molar-refractivity contribution is 7.55. The summed E-state index contributed by atoms with van der Waals surface area (Å²) in [6.07, 6.45) is 18.9. The van der Waals surface area contributed by atoms with Gasteiger partial charge in [0, 0.05) is 0 Å². The van der Waals surface area contributed by atoms with Gasteiger partial charge < -0.3 is 29.4 Å². The van der Waals surface area contributed by atoms with Crippen molar-refractivity contribution in [2.75, 3.05) is 13.2 Å². The van der Waals surface area contributed by atoms with Gasteiger partial charge in [0.15, 0.2) is 0 Å². The molecule has 3 N–H and O–H groups in total. The van der Waals surface area contributed by atoms with Gasteiger partial charge in [-0.3, -0.25) is 4.57 Å². The quantitative estimate of drug-likeness (QED) is 0.413. The van der Waals surface area contributed by atoms with Gasteiger partial charge in [-0.15, -0.1) is 0 Å². The molecule has 7 nitrogen and oxygen atoms in total. The SMILES string of the molecule is C1CCC([NH2+]C2CCCCC2)CC1.CCOP(=O)(OCC)C(CC(O)C1CCCCC1)C(=O)[O-]. The minimum Gasteiger partial charge on any atom is -0.549 e. The molecule has 0 saturated heterocycles. The van der Waals surface area contributed by atoms with E-state index in [1.54, 1.807) is 13.8 Å². The van der Waals surface area contributed by atoms with Crippen molar-refractivity contribution in [2.45, 2.75) is 140 Å². The second-order valence-electron chi connectivity index (χ2n) is 10.4. The summed E-state index contributed by atoms with van der Waals surface area (Å²) in [5, 5.41) is 24.3. The van der Waals surface area contributed by atoms with E-state index in [-0.39, 0.29) is 25.6 Å². The van der Waals surface area contributed by atoms with Crippen molar-refractivity contribution in [2.24, 2.45) is 5.92 Å². The molecule has 3 rings (SSSR count). The van der Waals surface area contributed by atoms with Gasteiger partial charge in [0.25, 0.3) is 0 Å². The highest BCUT2D eigenvalue weighted by atomic mass is 31.2. The molecule has 0 radical (unpaired) electrons. The molecule has 0 aliphatic heterocycles. The van der Waals surface area contributed by atoms with Gasteiger partial charge in [-0.1, -0.05) is 32.1 Å². The Kier molecular flexibility index (Phi) is 14.3. The number of hydrogen-bond acceptors (Lipinski definition) is 6. The lowest BCUT2D eigenvalue weighted by Gasteiger charge is -2.32. The van der Waals surface area contributed by atoms with E-state index in [0.717, 1.165) is 44.2 Å². The summed E-state index contributed by atoms with van der Waals surface area (Å²) < 4.78 is 22.8. The van der Waals surface area contributed by atoms with Crippen LogP contribution in [0.2, 0.25) is 0 Å². The zero-order valence-electron chi connectivity index (χ0n) is 21.6. The van der Waals surface area contributed by atoms with E-state index in [9.17, 15) is 19.6 Å². The number of carboxylic acids is 1. The monoisotopic (exact) mass is 503 g/mol. The van der Waals surface area contributed by atoms with Gasteiger partial charge >= 0.3 is 7.60 Å².